The number of esters is 1. The summed E-state index contributed by atoms with van der Waals surface area (Å²) in [4.78, 5) is 42.1. The van der Waals surface area contributed by atoms with Crippen LogP contribution in [0.3, 0.4) is 0 Å². The van der Waals surface area contributed by atoms with Crippen molar-refractivity contribution >= 4 is 17.8 Å². The van der Waals surface area contributed by atoms with Crippen LogP contribution in [0.2, 0.25) is 0 Å². The van der Waals surface area contributed by atoms with Crippen molar-refractivity contribution < 1.29 is 19.1 Å². The summed E-state index contributed by atoms with van der Waals surface area (Å²) in [6, 6.07) is -0.605. The Hall–Kier alpha value is -1.63. The molecule has 2 heterocycles. The van der Waals surface area contributed by atoms with Crippen LogP contribution in [0.25, 0.3) is 0 Å². The van der Waals surface area contributed by atoms with Gasteiger partial charge in [0.1, 0.15) is 12.1 Å². The minimum atomic E-state index is -0.591. The van der Waals surface area contributed by atoms with Gasteiger partial charge in [-0.15, -0.1) is 0 Å². The second kappa shape index (κ2) is 6.86. The number of likely N-dealkylation sites (N-methyl/N-ethyl adjacent to an activating group) is 2. The van der Waals surface area contributed by atoms with Gasteiger partial charge in [-0.2, -0.15) is 0 Å². The van der Waals surface area contributed by atoms with Crippen molar-refractivity contribution in [1.29, 1.82) is 0 Å². The maximum atomic E-state index is 12.7. The van der Waals surface area contributed by atoms with E-state index in [0.717, 1.165) is 6.54 Å². The molecule has 4 atom stereocenters. The molecule has 23 heavy (non-hydrogen) atoms. The lowest BCUT2D eigenvalue weighted by Crippen LogP contribution is -2.49. The average Bonchev–Trinajstić information content (AvgIpc) is 3.03. The van der Waals surface area contributed by atoms with Crippen LogP contribution in [-0.2, 0) is 19.1 Å². The number of amides is 2. The second-order valence-electron chi connectivity index (χ2n) is 6.89. The van der Waals surface area contributed by atoms with Crippen molar-refractivity contribution in [3.8, 4) is 0 Å². The Morgan fingerprint density at radius 3 is 2.30 bits per heavy atom. The van der Waals surface area contributed by atoms with Gasteiger partial charge in [0, 0.05) is 26.7 Å². The zero-order chi connectivity index (χ0) is 17.3. The van der Waals surface area contributed by atoms with Crippen molar-refractivity contribution in [2.75, 3.05) is 40.8 Å². The Balaban J connectivity index is 1.97. The van der Waals surface area contributed by atoms with Gasteiger partial charge in [0.2, 0.25) is 11.8 Å². The fourth-order valence-electron chi connectivity index (χ4n) is 3.29. The third-order valence-electron chi connectivity index (χ3n) is 4.83. The van der Waals surface area contributed by atoms with Gasteiger partial charge in [-0.1, -0.05) is 13.8 Å². The molecular weight excluding hydrogens is 298 g/mol. The highest BCUT2D eigenvalue weighted by Gasteiger charge is 2.43. The minimum Gasteiger partial charge on any atom is -0.467 e. The summed E-state index contributed by atoms with van der Waals surface area (Å²) in [6.45, 7) is 5.62. The van der Waals surface area contributed by atoms with E-state index >= 15 is 0 Å². The second-order valence-corrected chi connectivity index (χ2v) is 6.89. The topological polar surface area (TPSA) is 69.9 Å². The number of rotatable bonds is 5. The molecule has 0 N–H and O–H groups in total. The number of methoxy groups -OCH3 is 1. The first-order valence-corrected chi connectivity index (χ1v) is 8.11. The lowest BCUT2D eigenvalue weighted by atomic mass is 10.00. The molecule has 7 nitrogen and oxygen atoms in total. The van der Waals surface area contributed by atoms with Gasteiger partial charge in [-0.3, -0.25) is 14.5 Å². The summed E-state index contributed by atoms with van der Waals surface area (Å²) in [6.07, 6.45) is 0.650. The van der Waals surface area contributed by atoms with E-state index in [2.05, 4.69) is 0 Å². The van der Waals surface area contributed by atoms with Crippen LogP contribution in [0.4, 0.5) is 0 Å². The van der Waals surface area contributed by atoms with E-state index in [9.17, 15) is 14.4 Å². The molecule has 0 spiro atoms. The zero-order valence-electron chi connectivity index (χ0n) is 14.6. The van der Waals surface area contributed by atoms with E-state index in [-0.39, 0.29) is 29.7 Å². The van der Waals surface area contributed by atoms with Crippen molar-refractivity contribution in [3.05, 3.63) is 0 Å². The number of ether oxygens (including phenoxy) is 1. The number of carbonyl (C=O) groups excluding carboxylic acids is 3. The summed E-state index contributed by atoms with van der Waals surface area (Å²) in [5.74, 6) is -0.650. The fourth-order valence-corrected chi connectivity index (χ4v) is 3.29. The van der Waals surface area contributed by atoms with Gasteiger partial charge < -0.3 is 14.5 Å². The van der Waals surface area contributed by atoms with Crippen LogP contribution in [0.15, 0.2) is 0 Å². The molecule has 130 valence electrons. The number of hydrogen-bond acceptors (Lipinski definition) is 5. The number of likely N-dealkylation sites (tertiary alicyclic amines) is 1. The Morgan fingerprint density at radius 2 is 1.83 bits per heavy atom. The Morgan fingerprint density at radius 1 is 1.22 bits per heavy atom. The third kappa shape index (κ3) is 3.65. The van der Waals surface area contributed by atoms with Gasteiger partial charge in [-0.25, -0.2) is 4.79 Å². The van der Waals surface area contributed by atoms with E-state index < -0.39 is 12.0 Å². The summed E-state index contributed by atoms with van der Waals surface area (Å²) >= 11 is 0. The summed E-state index contributed by atoms with van der Waals surface area (Å²) in [5, 5.41) is 0. The molecule has 2 unspecified atom stereocenters. The predicted molar refractivity (Wildman–Crippen MR) is 84.5 cm³/mol. The molecule has 2 fully saturated rings. The van der Waals surface area contributed by atoms with Gasteiger partial charge in [0.05, 0.1) is 13.0 Å². The van der Waals surface area contributed by atoms with E-state index in [4.69, 9.17) is 4.74 Å². The van der Waals surface area contributed by atoms with Crippen LogP contribution >= 0.6 is 0 Å². The molecule has 0 bridgehead atoms. The maximum absolute atomic E-state index is 12.7. The highest BCUT2D eigenvalue weighted by molar-refractivity contribution is 5.88. The smallest absolute Gasteiger partial charge is 0.328 e. The first-order valence-electron chi connectivity index (χ1n) is 8.11. The lowest BCUT2D eigenvalue weighted by molar-refractivity contribution is -0.155. The SMILES string of the molecule is COC(=O)[C@H](C(C)C)N(C)C(=O)C1CCN(C(=O)[C@H]2CN2C)C1. The van der Waals surface area contributed by atoms with Crippen LogP contribution in [0.1, 0.15) is 20.3 Å². The average molecular weight is 325 g/mol. The van der Waals surface area contributed by atoms with Gasteiger partial charge >= 0.3 is 5.97 Å². The summed E-state index contributed by atoms with van der Waals surface area (Å²) < 4.78 is 4.82. The molecule has 2 saturated heterocycles. The minimum absolute atomic E-state index is 0.0138. The first kappa shape index (κ1) is 17.7. The van der Waals surface area contributed by atoms with Crippen LogP contribution in [0, 0.1) is 11.8 Å². The normalized spacial score (nSPS) is 27.7. The van der Waals surface area contributed by atoms with E-state index in [1.54, 1.807) is 11.9 Å². The molecule has 2 aliphatic heterocycles. The standard InChI is InChI=1S/C16H27N3O4/c1-10(2)13(16(22)23-5)18(4)14(20)11-6-7-19(8-11)15(21)12-9-17(12)3/h10-13H,6-9H2,1-5H3/t11?,12-,13+,17?/m1/s1. The van der Waals surface area contributed by atoms with E-state index in [1.165, 1.54) is 12.0 Å². The Bertz CT molecular complexity index is 494. The van der Waals surface area contributed by atoms with Gasteiger partial charge in [0.25, 0.3) is 0 Å². The van der Waals surface area contributed by atoms with Crippen LogP contribution in [0.5, 0.6) is 0 Å². The molecule has 7 heteroatoms. The molecule has 2 amide bonds. The monoisotopic (exact) mass is 325 g/mol. The van der Waals surface area contributed by atoms with Crippen molar-refractivity contribution in [1.82, 2.24) is 14.7 Å². The molecular formula is C16H27N3O4. The van der Waals surface area contributed by atoms with Crippen molar-refractivity contribution in [2.24, 2.45) is 11.8 Å². The van der Waals surface area contributed by atoms with Gasteiger partial charge in [0.15, 0.2) is 0 Å². The summed E-state index contributed by atoms with van der Waals surface area (Å²) in [5.41, 5.74) is 0. The van der Waals surface area contributed by atoms with Crippen LogP contribution < -0.4 is 0 Å². The lowest BCUT2D eigenvalue weighted by Gasteiger charge is -2.30. The first-order chi connectivity index (χ1) is 10.8. The summed E-state index contributed by atoms with van der Waals surface area (Å²) in [7, 11) is 4.89. The predicted octanol–water partition coefficient (Wildman–Crippen LogP) is -0.195. The highest BCUT2D eigenvalue weighted by atomic mass is 16.5. The molecule has 0 aliphatic carbocycles. The Kier molecular flexibility index (Phi) is 5.29. The number of carbonyl (C=O) groups is 3. The molecule has 0 aromatic carbocycles. The number of nitrogens with zero attached hydrogens (tertiary/aromatic N) is 3. The molecule has 0 radical (unpaired) electrons. The zero-order valence-corrected chi connectivity index (χ0v) is 14.6. The van der Waals surface area contributed by atoms with E-state index in [1.807, 2.05) is 25.8 Å². The molecule has 0 aromatic heterocycles. The third-order valence-corrected chi connectivity index (χ3v) is 4.83. The maximum Gasteiger partial charge on any atom is 0.328 e. The molecule has 2 rings (SSSR count). The van der Waals surface area contributed by atoms with Crippen molar-refractivity contribution in [2.45, 2.75) is 32.4 Å². The Labute approximate surface area is 137 Å². The van der Waals surface area contributed by atoms with E-state index in [0.29, 0.717) is 19.5 Å². The molecule has 2 aliphatic rings. The highest BCUT2D eigenvalue weighted by Crippen LogP contribution is 2.25. The van der Waals surface area contributed by atoms with Crippen LogP contribution in [-0.4, -0.2) is 85.4 Å². The molecule has 0 aromatic rings. The quantitative estimate of drug-likeness (QED) is 0.517. The number of hydrogen-bond donors (Lipinski definition) is 0. The molecule has 0 saturated carbocycles. The fraction of sp³-hybridized carbons (Fsp3) is 0.812. The largest absolute Gasteiger partial charge is 0.467 e. The van der Waals surface area contributed by atoms with Crippen molar-refractivity contribution in [3.63, 3.8) is 0 Å². The van der Waals surface area contributed by atoms with Gasteiger partial charge in [-0.05, 0) is 19.4 Å².